The van der Waals surface area contributed by atoms with Crippen molar-refractivity contribution in [3.63, 3.8) is 0 Å². The van der Waals surface area contributed by atoms with Crippen molar-refractivity contribution in [2.45, 2.75) is 57.9 Å². The third-order valence-corrected chi connectivity index (χ3v) is 4.27. The van der Waals surface area contributed by atoms with Crippen LogP contribution in [0.15, 0.2) is 0 Å². The highest BCUT2D eigenvalue weighted by Crippen LogP contribution is 2.12. The zero-order valence-corrected chi connectivity index (χ0v) is 12.6. The zero-order chi connectivity index (χ0) is 14.4. The molecule has 2 saturated heterocycles. The lowest BCUT2D eigenvalue weighted by Gasteiger charge is -2.30. The molecule has 5 nitrogen and oxygen atoms in total. The van der Waals surface area contributed by atoms with Gasteiger partial charge in [0.15, 0.2) is 0 Å². The van der Waals surface area contributed by atoms with E-state index in [1.54, 1.807) is 6.92 Å². The lowest BCUT2D eigenvalue weighted by atomic mass is 10.1. The molecule has 2 aliphatic heterocycles. The Balaban J connectivity index is 1.81. The van der Waals surface area contributed by atoms with Crippen LogP contribution in [-0.4, -0.2) is 54.0 Å². The third kappa shape index (κ3) is 4.12. The molecule has 114 valence electrons. The molecule has 0 spiro atoms. The number of hydrogen-bond acceptors (Lipinski definition) is 2. The van der Waals surface area contributed by atoms with E-state index in [4.69, 9.17) is 0 Å². The number of piperidine rings is 1. The maximum absolute atomic E-state index is 12.3. The number of nitrogens with one attached hydrogen (secondary N) is 1. The van der Waals surface area contributed by atoms with Crippen LogP contribution in [0.1, 0.15) is 51.9 Å². The van der Waals surface area contributed by atoms with E-state index in [1.807, 2.05) is 9.80 Å². The summed E-state index contributed by atoms with van der Waals surface area (Å²) in [7, 11) is 0. The van der Waals surface area contributed by atoms with Gasteiger partial charge in [0.2, 0.25) is 5.91 Å². The fourth-order valence-corrected chi connectivity index (χ4v) is 3.00. The van der Waals surface area contributed by atoms with Crippen molar-refractivity contribution in [2.75, 3.05) is 26.2 Å². The second kappa shape index (κ2) is 7.50. The lowest BCUT2D eigenvalue weighted by molar-refractivity contribution is -0.133. The summed E-state index contributed by atoms with van der Waals surface area (Å²) in [5, 5.41) is 2.87. The number of carbonyl (C=O) groups excluding carboxylic acids is 2. The molecule has 0 aromatic rings. The Hall–Kier alpha value is -1.26. The molecule has 2 rings (SSSR count). The molecular formula is C15H27N3O2. The normalized spacial score (nSPS) is 22.1. The van der Waals surface area contributed by atoms with E-state index in [0.717, 1.165) is 51.9 Å². The minimum Gasteiger partial charge on any atom is -0.341 e. The van der Waals surface area contributed by atoms with Crippen LogP contribution in [0.2, 0.25) is 0 Å². The van der Waals surface area contributed by atoms with Crippen molar-refractivity contribution >= 4 is 11.9 Å². The first-order valence-electron chi connectivity index (χ1n) is 8.03. The van der Waals surface area contributed by atoms with Crippen LogP contribution in [0, 0.1) is 0 Å². The minimum absolute atomic E-state index is 0.0628. The summed E-state index contributed by atoms with van der Waals surface area (Å²) in [5.41, 5.74) is 0. The standard InChI is InChI=1S/C15H27N3O2/c1-13(14(19)17-9-7-4-8-10-17)16-15(20)18-11-5-2-3-6-12-18/h13H,2-12H2,1H3,(H,16,20). The van der Waals surface area contributed by atoms with Gasteiger partial charge in [0.1, 0.15) is 6.04 Å². The van der Waals surface area contributed by atoms with Crippen LogP contribution in [-0.2, 0) is 4.79 Å². The molecule has 0 radical (unpaired) electrons. The second-order valence-corrected chi connectivity index (χ2v) is 5.96. The van der Waals surface area contributed by atoms with Gasteiger partial charge in [-0.1, -0.05) is 12.8 Å². The summed E-state index contributed by atoms with van der Waals surface area (Å²) in [4.78, 5) is 28.2. The van der Waals surface area contributed by atoms with Crippen molar-refractivity contribution in [1.82, 2.24) is 15.1 Å². The molecule has 1 atom stereocenters. The van der Waals surface area contributed by atoms with Crippen LogP contribution >= 0.6 is 0 Å². The van der Waals surface area contributed by atoms with Crippen LogP contribution in [0.5, 0.6) is 0 Å². The van der Waals surface area contributed by atoms with Gasteiger partial charge in [0.25, 0.3) is 0 Å². The number of hydrogen-bond donors (Lipinski definition) is 1. The Morgan fingerprint density at radius 2 is 1.25 bits per heavy atom. The Kier molecular flexibility index (Phi) is 5.68. The van der Waals surface area contributed by atoms with E-state index >= 15 is 0 Å². The maximum atomic E-state index is 12.3. The molecule has 0 aliphatic carbocycles. The Bertz CT molecular complexity index is 332. The number of urea groups is 1. The van der Waals surface area contributed by atoms with Crippen LogP contribution in [0.4, 0.5) is 4.79 Å². The quantitative estimate of drug-likeness (QED) is 0.841. The first-order chi connectivity index (χ1) is 9.68. The van der Waals surface area contributed by atoms with E-state index in [1.165, 1.54) is 19.3 Å². The van der Waals surface area contributed by atoms with Crippen LogP contribution in [0.25, 0.3) is 0 Å². The van der Waals surface area contributed by atoms with Crippen LogP contribution < -0.4 is 5.32 Å². The van der Waals surface area contributed by atoms with Crippen molar-refractivity contribution in [1.29, 1.82) is 0 Å². The largest absolute Gasteiger partial charge is 0.341 e. The second-order valence-electron chi connectivity index (χ2n) is 5.96. The fraction of sp³-hybridized carbons (Fsp3) is 0.867. The SMILES string of the molecule is CC(NC(=O)N1CCCCCC1)C(=O)N1CCCCC1. The Morgan fingerprint density at radius 3 is 1.80 bits per heavy atom. The average Bonchev–Trinajstić information content (AvgIpc) is 2.76. The van der Waals surface area contributed by atoms with Gasteiger partial charge in [-0.2, -0.15) is 0 Å². The molecule has 0 bridgehead atoms. The van der Waals surface area contributed by atoms with Gasteiger partial charge in [-0.3, -0.25) is 4.79 Å². The molecule has 0 aromatic heterocycles. The Labute approximate surface area is 121 Å². The third-order valence-electron chi connectivity index (χ3n) is 4.27. The highest BCUT2D eigenvalue weighted by molar-refractivity contribution is 5.86. The molecular weight excluding hydrogens is 254 g/mol. The predicted octanol–water partition coefficient (Wildman–Crippen LogP) is 1.97. The number of nitrogens with zero attached hydrogens (tertiary/aromatic N) is 2. The topological polar surface area (TPSA) is 52.7 Å². The molecule has 0 saturated carbocycles. The minimum atomic E-state index is -0.413. The van der Waals surface area contributed by atoms with E-state index in [0.29, 0.717) is 0 Å². The molecule has 2 heterocycles. The van der Waals surface area contributed by atoms with Gasteiger partial charge in [0.05, 0.1) is 0 Å². The summed E-state index contributed by atoms with van der Waals surface area (Å²) < 4.78 is 0. The fourth-order valence-electron chi connectivity index (χ4n) is 3.00. The zero-order valence-electron chi connectivity index (χ0n) is 12.6. The number of amides is 3. The highest BCUT2D eigenvalue weighted by Gasteiger charge is 2.25. The van der Waals surface area contributed by atoms with E-state index in [9.17, 15) is 9.59 Å². The Morgan fingerprint density at radius 1 is 0.800 bits per heavy atom. The lowest BCUT2D eigenvalue weighted by Crippen LogP contribution is -2.52. The number of rotatable bonds is 2. The van der Waals surface area contributed by atoms with Crippen molar-refractivity contribution < 1.29 is 9.59 Å². The average molecular weight is 281 g/mol. The summed E-state index contributed by atoms with van der Waals surface area (Å²) in [6.07, 6.45) is 7.91. The van der Waals surface area contributed by atoms with Crippen LogP contribution in [0.3, 0.4) is 0 Å². The van der Waals surface area contributed by atoms with Crippen molar-refractivity contribution in [3.05, 3.63) is 0 Å². The molecule has 2 fully saturated rings. The molecule has 3 amide bonds. The molecule has 5 heteroatoms. The molecule has 2 aliphatic rings. The van der Waals surface area contributed by atoms with Gasteiger partial charge in [-0.05, 0) is 39.0 Å². The maximum Gasteiger partial charge on any atom is 0.318 e. The van der Waals surface area contributed by atoms with Gasteiger partial charge in [0, 0.05) is 26.2 Å². The van der Waals surface area contributed by atoms with E-state index in [2.05, 4.69) is 5.32 Å². The monoisotopic (exact) mass is 281 g/mol. The molecule has 20 heavy (non-hydrogen) atoms. The van der Waals surface area contributed by atoms with E-state index in [-0.39, 0.29) is 11.9 Å². The predicted molar refractivity (Wildman–Crippen MR) is 78.5 cm³/mol. The first-order valence-corrected chi connectivity index (χ1v) is 8.03. The van der Waals surface area contributed by atoms with Crippen molar-refractivity contribution in [3.8, 4) is 0 Å². The van der Waals surface area contributed by atoms with E-state index < -0.39 is 6.04 Å². The summed E-state index contributed by atoms with van der Waals surface area (Å²) >= 11 is 0. The summed E-state index contributed by atoms with van der Waals surface area (Å²) in [6.45, 7) is 5.10. The summed E-state index contributed by atoms with van der Waals surface area (Å²) in [6, 6.07) is -0.492. The van der Waals surface area contributed by atoms with Crippen molar-refractivity contribution in [2.24, 2.45) is 0 Å². The smallest absolute Gasteiger partial charge is 0.318 e. The van der Waals surface area contributed by atoms with Gasteiger partial charge >= 0.3 is 6.03 Å². The first kappa shape index (κ1) is 15.1. The number of likely N-dealkylation sites (tertiary alicyclic amines) is 2. The molecule has 1 unspecified atom stereocenters. The highest BCUT2D eigenvalue weighted by atomic mass is 16.2. The van der Waals surface area contributed by atoms with Gasteiger partial charge in [-0.15, -0.1) is 0 Å². The number of carbonyl (C=O) groups is 2. The molecule has 1 N–H and O–H groups in total. The summed E-state index contributed by atoms with van der Waals surface area (Å²) in [5.74, 6) is 0.0628. The van der Waals surface area contributed by atoms with Gasteiger partial charge < -0.3 is 15.1 Å². The van der Waals surface area contributed by atoms with Gasteiger partial charge in [-0.25, -0.2) is 4.79 Å². The molecule has 0 aromatic carbocycles.